The van der Waals surface area contributed by atoms with Gasteiger partial charge in [-0.25, -0.2) is 0 Å². The lowest BCUT2D eigenvalue weighted by Crippen LogP contribution is -2.42. The number of thioether (sulfide) groups is 1. The van der Waals surface area contributed by atoms with Gasteiger partial charge < -0.3 is 10.6 Å². The van der Waals surface area contributed by atoms with Crippen molar-refractivity contribution in [1.29, 1.82) is 0 Å². The Morgan fingerprint density at radius 2 is 2.10 bits per heavy atom. The van der Waals surface area contributed by atoms with E-state index in [1.807, 2.05) is 0 Å². The molecule has 20 heavy (non-hydrogen) atoms. The van der Waals surface area contributed by atoms with Crippen LogP contribution in [0.5, 0.6) is 0 Å². The number of amides is 1. The molecule has 5 heteroatoms. The Kier molecular flexibility index (Phi) is 7.41. The first-order valence-corrected chi connectivity index (χ1v) is 8.05. The first-order valence-electron chi connectivity index (χ1n) is 6.83. The molecule has 0 aliphatic carbocycles. The summed E-state index contributed by atoms with van der Waals surface area (Å²) in [5.74, 6) is 0.365. The highest BCUT2D eigenvalue weighted by molar-refractivity contribution is 7.98. The molecule has 1 heterocycles. The fourth-order valence-electron chi connectivity index (χ4n) is 2.45. The normalized spacial score (nSPS) is 21.9. The summed E-state index contributed by atoms with van der Waals surface area (Å²) in [5.41, 5.74) is 1.16. The Morgan fingerprint density at radius 3 is 2.70 bits per heavy atom. The van der Waals surface area contributed by atoms with Gasteiger partial charge in [-0.2, -0.15) is 0 Å². The van der Waals surface area contributed by atoms with Gasteiger partial charge >= 0.3 is 0 Å². The molecule has 0 radical (unpaired) electrons. The van der Waals surface area contributed by atoms with Crippen molar-refractivity contribution in [1.82, 2.24) is 10.6 Å². The van der Waals surface area contributed by atoms with E-state index >= 15 is 0 Å². The largest absolute Gasteiger partial charge is 0.352 e. The molecule has 2 N–H and O–H groups in total. The lowest BCUT2D eigenvalue weighted by molar-refractivity contribution is -0.126. The van der Waals surface area contributed by atoms with E-state index < -0.39 is 0 Å². The van der Waals surface area contributed by atoms with E-state index in [0.717, 1.165) is 24.9 Å². The molecule has 1 aliphatic rings. The molecule has 1 aromatic rings. The van der Waals surface area contributed by atoms with Crippen molar-refractivity contribution in [3.05, 3.63) is 29.8 Å². The molecule has 1 aromatic carbocycles. The number of hydrogen-bond donors (Lipinski definition) is 2. The molecule has 0 unspecified atom stereocenters. The minimum Gasteiger partial charge on any atom is -0.352 e. The summed E-state index contributed by atoms with van der Waals surface area (Å²) in [6, 6.07) is 8.80. The number of benzene rings is 1. The standard InChI is InChI=1S/C15H22N2OS.ClH/c1-11-9-13(7-8-16-11)15(18)17-10-12-3-5-14(19-2)6-4-12;/h3-6,11,13,16H,7-10H2,1-2H3,(H,17,18);1H/t11-,13-;/m0./s1. The molecule has 0 aromatic heterocycles. The van der Waals surface area contributed by atoms with Crippen molar-refractivity contribution in [2.24, 2.45) is 5.92 Å². The van der Waals surface area contributed by atoms with E-state index in [2.05, 4.69) is 48.1 Å². The van der Waals surface area contributed by atoms with E-state index in [1.54, 1.807) is 11.8 Å². The second-order valence-electron chi connectivity index (χ2n) is 5.14. The summed E-state index contributed by atoms with van der Waals surface area (Å²) in [4.78, 5) is 13.3. The lowest BCUT2D eigenvalue weighted by Gasteiger charge is -2.27. The number of rotatable bonds is 4. The molecule has 1 fully saturated rings. The fourth-order valence-corrected chi connectivity index (χ4v) is 2.86. The monoisotopic (exact) mass is 314 g/mol. The molecule has 1 aliphatic heterocycles. The highest BCUT2D eigenvalue weighted by atomic mass is 35.5. The zero-order chi connectivity index (χ0) is 13.7. The smallest absolute Gasteiger partial charge is 0.223 e. The van der Waals surface area contributed by atoms with E-state index in [1.165, 1.54) is 4.90 Å². The number of halogens is 1. The summed E-state index contributed by atoms with van der Waals surface area (Å²) < 4.78 is 0. The predicted molar refractivity (Wildman–Crippen MR) is 87.5 cm³/mol. The van der Waals surface area contributed by atoms with Crippen LogP contribution in [0.4, 0.5) is 0 Å². The Morgan fingerprint density at radius 1 is 1.40 bits per heavy atom. The highest BCUT2D eigenvalue weighted by Crippen LogP contribution is 2.17. The maximum atomic E-state index is 12.1. The minimum atomic E-state index is 0. The van der Waals surface area contributed by atoms with E-state index in [4.69, 9.17) is 0 Å². The Balaban J connectivity index is 0.00000200. The minimum absolute atomic E-state index is 0. The van der Waals surface area contributed by atoms with Crippen molar-refractivity contribution in [3.63, 3.8) is 0 Å². The zero-order valence-corrected chi connectivity index (χ0v) is 13.7. The molecule has 1 saturated heterocycles. The van der Waals surface area contributed by atoms with Crippen molar-refractivity contribution >= 4 is 30.1 Å². The summed E-state index contributed by atoms with van der Waals surface area (Å²) >= 11 is 1.73. The molecule has 2 atom stereocenters. The molecule has 112 valence electrons. The average molecular weight is 315 g/mol. The van der Waals surface area contributed by atoms with Gasteiger partial charge in [0.25, 0.3) is 0 Å². The van der Waals surface area contributed by atoms with Crippen molar-refractivity contribution < 1.29 is 4.79 Å². The number of nitrogens with one attached hydrogen (secondary N) is 2. The molecule has 1 amide bonds. The molecule has 2 rings (SSSR count). The second kappa shape index (κ2) is 8.55. The molecular weight excluding hydrogens is 292 g/mol. The SMILES string of the molecule is CSc1ccc(CNC(=O)[C@H]2CCN[C@@H](C)C2)cc1.Cl. The van der Waals surface area contributed by atoms with Crippen LogP contribution in [0.3, 0.4) is 0 Å². The van der Waals surface area contributed by atoms with Gasteiger partial charge in [-0.1, -0.05) is 12.1 Å². The summed E-state index contributed by atoms with van der Waals surface area (Å²) in [6.45, 7) is 3.72. The molecule has 0 bridgehead atoms. The Hall–Kier alpha value is -0.710. The van der Waals surface area contributed by atoms with Gasteiger partial charge in [0.2, 0.25) is 5.91 Å². The topological polar surface area (TPSA) is 41.1 Å². The second-order valence-corrected chi connectivity index (χ2v) is 6.02. The first-order chi connectivity index (χ1) is 9.19. The van der Waals surface area contributed by atoms with Gasteiger partial charge in [0.1, 0.15) is 0 Å². The van der Waals surface area contributed by atoms with E-state index in [-0.39, 0.29) is 24.2 Å². The van der Waals surface area contributed by atoms with Gasteiger partial charge in [0, 0.05) is 23.4 Å². The average Bonchev–Trinajstić information content (AvgIpc) is 2.45. The zero-order valence-electron chi connectivity index (χ0n) is 12.0. The van der Waals surface area contributed by atoms with Crippen LogP contribution in [0.25, 0.3) is 0 Å². The van der Waals surface area contributed by atoms with Crippen LogP contribution in [0, 0.1) is 5.92 Å². The van der Waals surface area contributed by atoms with Crippen LogP contribution in [0.2, 0.25) is 0 Å². The third kappa shape index (κ3) is 5.00. The quantitative estimate of drug-likeness (QED) is 0.840. The third-order valence-electron chi connectivity index (χ3n) is 3.62. The highest BCUT2D eigenvalue weighted by Gasteiger charge is 2.24. The van der Waals surface area contributed by atoms with Crippen LogP contribution in [0.15, 0.2) is 29.2 Å². The van der Waals surface area contributed by atoms with Crippen LogP contribution in [0.1, 0.15) is 25.3 Å². The maximum absolute atomic E-state index is 12.1. The van der Waals surface area contributed by atoms with Crippen molar-refractivity contribution in [2.75, 3.05) is 12.8 Å². The fraction of sp³-hybridized carbons (Fsp3) is 0.533. The van der Waals surface area contributed by atoms with Crippen LogP contribution in [-0.2, 0) is 11.3 Å². The Labute approximate surface area is 131 Å². The van der Waals surface area contributed by atoms with Crippen LogP contribution in [-0.4, -0.2) is 24.7 Å². The molecule has 0 saturated carbocycles. The first kappa shape index (κ1) is 17.3. The maximum Gasteiger partial charge on any atom is 0.223 e. The molecular formula is C15H23ClN2OS. The van der Waals surface area contributed by atoms with E-state index in [0.29, 0.717) is 12.6 Å². The van der Waals surface area contributed by atoms with Gasteiger partial charge in [-0.05, 0) is 50.3 Å². The van der Waals surface area contributed by atoms with Gasteiger partial charge in [-0.15, -0.1) is 24.2 Å². The van der Waals surface area contributed by atoms with Gasteiger partial charge in [0.05, 0.1) is 0 Å². The third-order valence-corrected chi connectivity index (χ3v) is 4.36. The number of hydrogen-bond acceptors (Lipinski definition) is 3. The van der Waals surface area contributed by atoms with Gasteiger partial charge in [-0.3, -0.25) is 4.79 Å². The van der Waals surface area contributed by atoms with Crippen molar-refractivity contribution in [2.45, 2.75) is 37.2 Å². The van der Waals surface area contributed by atoms with Gasteiger partial charge in [0.15, 0.2) is 0 Å². The van der Waals surface area contributed by atoms with Crippen molar-refractivity contribution in [3.8, 4) is 0 Å². The summed E-state index contributed by atoms with van der Waals surface area (Å²) in [7, 11) is 0. The summed E-state index contributed by atoms with van der Waals surface area (Å²) in [5, 5.41) is 6.42. The molecule has 3 nitrogen and oxygen atoms in total. The van der Waals surface area contributed by atoms with E-state index in [9.17, 15) is 4.79 Å². The lowest BCUT2D eigenvalue weighted by atomic mass is 9.92. The molecule has 0 spiro atoms. The Bertz CT molecular complexity index is 424. The predicted octanol–water partition coefficient (Wildman–Crippen LogP) is 2.83. The number of carbonyl (C=O) groups is 1. The number of carbonyl (C=O) groups excluding carboxylic acids is 1. The van der Waals surface area contributed by atoms with Crippen LogP contribution >= 0.6 is 24.2 Å². The van der Waals surface area contributed by atoms with Crippen LogP contribution < -0.4 is 10.6 Å². The number of piperidine rings is 1. The summed E-state index contributed by atoms with van der Waals surface area (Å²) in [6.07, 6.45) is 3.95.